The highest BCUT2D eigenvalue weighted by atomic mass is 16.6. The normalized spacial score (nSPS) is 10.5. The molecular weight excluding hydrogens is 336 g/mol. The highest BCUT2D eigenvalue weighted by molar-refractivity contribution is 6.08. The second-order valence-corrected chi connectivity index (χ2v) is 5.79. The number of nitrogens with one attached hydrogen (secondary N) is 2. The van der Waals surface area contributed by atoms with E-state index >= 15 is 0 Å². The van der Waals surface area contributed by atoms with Crippen LogP contribution in [0.4, 0.5) is 5.69 Å². The molecule has 0 atom stereocenters. The minimum Gasteiger partial charge on any atom is -0.350 e. The number of carbonyl (C=O) groups excluding carboxylic acids is 2. The van der Waals surface area contributed by atoms with Crippen molar-refractivity contribution in [2.75, 3.05) is 0 Å². The fourth-order valence-electron chi connectivity index (χ4n) is 2.84. The number of hydrogen-bond acceptors (Lipinski definition) is 4. The van der Waals surface area contributed by atoms with Crippen molar-refractivity contribution in [3.63, 3.8) is 0 Å². The van der Waals surface area contributed by atoms with E-state index in [4.69, 9.17) is 0 Å². The summed E-state index contributed by atoms with van der Waals surface area (Å²) in [5.41, 5.74) is 6.17. The van der Waals surface area contributed by atoms with Crippen molar-refractivity contribution in [2.45, 2.75) is 6.92 Å². The Balaban J connectivity index is 1.79. The summed E-state index contributed by atoms with van der Waals surface area (Å²) in [5.74, 6) is -1.10. The number of amides is 2. The lowest BCUT2D eigenvalue weighted by atomic mass is 10.1. The molecule has 0 aliphatic rings. The largest absolute Gasteiger partial charge is 0.350 e. The van der Waals surface area contributed by atoms with Crippen molar-refractivity contribution >= 4 is 28.4 Å². The molecule has 0 fully saturated rings. The van der Waals surface area contributed by atoms with Gasteiger partial charge in [0.05, 0.1) is 16.1 Å². The summed E-state index contributed by atoms with van der Waals surface area (Å²) in [5, 5.41) is 11.7. The Morgan fingerprint density at radius 2 is 1.65 bits per heavy atom. The van der Waals surface area contributed by atoms with Gasteiger partial charge in [0.25, 0.3) is 17.5 Å². The van der Waals surface area contributed by atoms with Crippen LogP contribution in [-0.4, -0.2) is 21.3 Å². The van der Waals surface area contributed by atoms with Crippen LogP contribution in [0, 0.1) is 17.0 Å². The molecule has 132 valence electrons. The zero-order chi connectivity index (χ0) is 18.8. The molecule has 26 heavy (non-hydrogen) atoms. The van der Waals surface area contributed by atoms with E-state index in [1.807, 2.05) is 35.9 Å². The van der Waals surface area contributed by atoms with E-state index in [9.17, 15) is 19.7 Å². The van der Waals surface area contributed by atoms with Crippen LogP contribution >= 0.6 is 0 Å². The molecule has 0 saturated heterocycles. The van der Waals surface area contributed by atoms with Crippen molar-refractivity contribution in [3.8, 4) is 0 Å². The predicted octanol–water partition coefficient (Wildman–Crippen LogP) is 2.47. The van der Waals surface area contributed by atoms with Gasteiger partial charge in [-0.1, -0.05) is 24.3 Å². The van der Waals surface area contributed by atoms with Crippen LogP contribution < -0.4 is 10.9 Å². The molecule has 1 heterocycles. The van der Waals surface area contributed by atoms with Gasteiger partial charge in [-0.2, -0.15) is 0 Å². The number of nitrogens with zero attached hydrogens (tertiary/aromatic N) is 2. The minimum atomic E-state index is -0.625. The average Bonchev–Trinajstić information content (AvgIpc) is 2.96. The van der Waals surface area contributed by atoms with E-state index in [0.717, 1.165) is 10.9 Å². The van der Waals surface area contributed by atoms with Gasteiger partial charge in [-0.25, -0.2) is 0 Å². The SMILES string of the molecule is Cc1c(C(=O)NNC(=O)c2cn(C)c3ccccc23)cccc1[N+](=O)[O-]. The van der Waals surface area contributed by atoms with Crippen molar-refractivity contribution < 1.29 is 14.5 Å². The number of nitro benzene ring substituents is 1. The lowest BCUT2D eigenvalue weighted by Crippen LogP contribution is -2.41. The highest BCUT2D eigenvalue weighted by Gasteiger charge is 2.19. The van der Waals surface area contributed by atoms with Crippen molar-refractivity contribution in [2.24, 2.45) is 7.05 Å². The fourth-order valence-corrected chi connectivity index (χ4v) is 2.84. The van der Waals surface area contributed by atoms with Gasteiger partial charge < -0.3 is 4.57 Å². The highest BCUT2D eigenvalue weighted by Crippen LogP contribution is 2.21. The maximum atomic E-state index is 12.4. The van der Waals surface area contributed by atoms with Gasteiger partial charge in [0.2, 0.25) is 0 Å². The van der Waals surface area contributed by atoms with Gasteiger partial charge >= 0.3 is 0 Å². The first-order valence-corrected chi connectivity index (χ1v) is 7.79. The third-order valence-electron chi connectivity index (χ3n) is 4.18. The fraction of sp³-hybridized carbons (Fsp3) is 0.111. The number of nitro groups is 1. The number of hydrazine groups is 1. The monoisotopic (exact) mass is 352 g/mol. The summed E-state index contributed by atoms with van der Waals surface area (Å²) < 4.78 is 1.82. The Morgan fingerprint density at radius 3 is 2.35 bits per heavy atom. The van der Waals surface area contributed by atoms with E-state index in [2.05, 4.69) is 10.9 Å². The topological polar surface area (TPSA) is 106 Å². The van der Waals surface area contributed by atoms with E-state index in [1.165, 1.54) is 25.1 Å². The number of para-hydroxylation sites is 1. The van der Waals surface area contributed by atoms with Crippen molar-refractivity contribution in [3.05, 3.63) is 75.5 Å². The summed E-state index contributed by atoms with van der Waals surface area (Å²) >= 11 is 0. The molecular formula is C18H16N4O4. The molecule has 0 aliphatic heterocycles. The van der Waals surface area contributed by atoms with Gasteiger partial charge in [0.1, 0.15) is 0 Å². The van der Waals surface area contributed by atoms with Crippen LogP contribution in [0.2, 0.25) is 0 Å². The molecule has 1 aromatic heterocycles. The Hall–Kier alpha value is -3.68. The molecule has 3 aromatic rings. The lowest BCUT2D eigenvalue weighted by molar-refractivity contribution is -0.385. The van der Waals surface area contributed by atoms with Gasteiger partial charge in [-0.05, 0) is 19.1 Å². The zero-order valence-corrected chi connectivity index (χ0v) is 14.1. The molecule has 0 aliphatic carbocycles. The summed E-state index contributed by atoms with van der Waals surface area (Å²) in [7, 11) is 1.82. The van der Waals surface area contributed by atoms with Crippen LogP contribution in [0.25, 0.3) is 10.9 Å². The molecule has 0 radical (unpaired) electrons. The molecule has 0 unspecified atom stereocenters. The molecule has 0 bridgehead atoms. The summed E-state index contributed by atoms with van der Waals surface area (Å²) in [6, 6.07) is 11.6. The van der Waals surface area contributed by atoms with E-state index in [0.29, 0.717) is 5.56 Å². The average molecular weight is 352 g/mol. The van der Waals surface area contributed by atoms with Crippen molar-refractivity contribution in [1.29, 1.82) is 0 Å². The van der Waals surface area contributed by atoms with Crippen LogP contribution in [0.3, 0.4) is 0 Å². The third kappa shape index (κ3) is 3.00. The molecule has 0 spiro atoms. The number of fused-ring (bicyclic) bond motifs is 1. The van der Waals surface area contributed by atoms with E-state index in [1.54, 1.807) is 6.20 Å². The molecule has 3 rings (SSSR count). The van der Waals surface area contributed by atoms with Crippen LogP contribution in [0.15, 0.2) is 48.7 Å². The Morgan fingerprint density at radius 1 is 1.00 bits per heavy atom. The second kappa shape index (κ2) is 6.67. The Bertz CT molecular complexity index is 1040. The smallest absolute Gasteiger partial charge is 0.273 e. The van der Waals surface area contributed by atoms with Gasteiger partial charge in [-0.15, -0.1) is 0 Å². The van der Waals surface area contributed by atoms with Crippen molar-refractivity contribution in [1.82, 2.24) is 15.4 Å². The number of rotatable bonds is 3. The number of hydrogen-bond donors (Lipinski definition) is 2. The predicted molar refractivity (Wildman–Crippen MR) is 95.7 cm³/mol. The molecule has 8 heteroatoms. The lowest BCUT2D eigenvalue weighted by Gasteiger charge is -2.09. The molecule has 2 aromatic carbocycles. The van der Waals surface area contributed by atoms with Gasteiger partial charge in [0, 0.05) is 35.8 Å². The summed E-state index contributed by atoms with van der Waals surface area (Å²) in [6.07, 6.45) is 1.67. The third-order valence-corrected chi connectivity index (χ3v) is 4.18. The van der Waals surface area contributed by atoms with E-state index < -0.39 is 16.7 Å². The second-order valence-electron chi connectivity index (χ2n) is 5.79. The standard InChI is InChI=1S/C18H16N4O4/c1-11-12(7-5-9-15(11)22(25)26)17(23)19-20-18(24)14-10-21(2)16-8-4-3-6-13(14)16/h3-10H,1-2H3,(H,19,23)(H,20,24). The van der Waals surface area contributed by atoms with Crippen LogP contribution in [0.5, 0.6) is 0 Å². The minimum absolute atomic E-state index is 0.123. The first-order valence-electron chi connectivity index (χ1n) is 7.79. The summed E-state index contributed by atoms with van der Waals surface area (Å²) in [6.45, 7) is 1.49. The molecule has 2 amide bonds. The molecule has 2 N–H and O–H groups in total. The Labute approximate surface area is 148 Å². The number of aromatic nitrogens is 1. The maximum Gasteiger partial charge on any atom is 0.273 e. The van der Waals surface area contributed by atoms with Gasteiger partial charge in [0.15, 0.2) is 0 Å². The maximum absolute atomic E-state index is 12.4. The number of carbonyl (C=O) groups is 2. The zero-order valence-electron chi connectivity index (χ0n) is 14.1. The first kappa shape index (κ1) is 17.2. The quantitative estimate of drug-likeness (QED) is 0.558. The van der Waals surface area contributed by atoms with Crippen LogP contribution in [0.1, 0.15) is 26.3 Å². The van der Waals surface area contributed by atoms with Crippen LogP contribution in [-0.2, 0) is 7.05 Å². The molecule has 0 saturated carbocycles. The van der Waals surface area contributed by atoms with E-state index in [-0.39, 0.29) is 16.8 Å². The first-order chi connectivity index (χ1) is 12.4. The van der Waals surface area contributed by atoms with Gasteiger partial charge in [-0.3, -0.25) is 30.6 Å². The Kier molecular flexibility index (Phi) is 4.40. The summed E-state index contributed by atoms with van der Waals surface area (Å²) in [4.78, 5) is 35.1. The number of benzene rings is 2. The molecule has 8 nitrogen and oxygen atoms in total. The number of aryl methyl sites for hydroxylation is 1.